The molecule has 1 fully saturated rings. The maximum absolute atomic E-state index is 10.9. The van der Waals surface area contributed by atoms with Crippen LogP contribution in [0.15, 0.2) is 0 Å². The standard InChI is InChI=1S/C9H17NO2/c1-2-12-9(8-11)4-3-6-10-7-5-9/h8,10H,2-7H2,1H3. The van der Waals surface area contributed by atoms with Crippen molar-refractivity contribution in [2.24, 2.45) is 0 Å². The topological polar surface area (TPSA) is 38.3 Å². The molecule has 1 atom stereocenters. The Balaban J connectivity index is 2.54. The lowest BCUT2D eigenvalue weighted by Gasteiger charge is -2.25. The summed E-state index contributed by atoms with van der Waals surface area (Å²) in [7, 11) is 0. The van der Waals surface area contributed by atoms with E-state index in [0.29, 0.717) is 6.61 Å². The number of carbonyl (C=O) groups excluding carboxylic acids is 1. The molecule has 1 aliphatic heterocycles. The van der Waals surface area contributed by atoms with Crippen molar-refractivity contribution in [3.05, 3.63) is 0 Å². The Morgan fingerprint density at radius 2 is 2.33 bits per heavy atom. The molecule has 0 bridgehead atoms. The highest BCUT2D eigenvalue weighted by molar-refractivity contribution is 5.62. The zero-order chi connectivity index (χ0) is 8.86. The first-order chi connectivity index (χ1) is 5.83. The molecule has 0 aromatic carbocycles. The molecule has 70 valence electrons. The minimum absolute atomic E-state index is 0.488. The second-order valence-electron chi connectivity index (χ2n) is 3.22. The van der Waals surface area contributed by atoms with Gasteiger partial charge in [0.15, 0.2) is 6.29 Å². The van der Waals surface area contributed by atoms with Gasteiger partial charge < -0.3 is 14.8 Å². The van der Waals surface area contributed by atoms with Crippen LogP contribution in [0.5, 0.6) is 0 Å². The molecule has 0 spiro atoms. The summed E-state index contributed by atoms with van der Waals surface area (Å²) in [5.41, 5.74) is -0.488. The van der Waals surface area contributed by atoms with Crippen molar-refractivity contribution in [3.63, 3.8) is 0 Å². The summed E-state index contributed by atoms with van der Waals surface area (Å²) < 4.78 is 5.49. The van der Waals surface area contributed by atoms with Crippen LogP contribution in [0, 0.1) is 0 Å². The predicted molar refractivity (Wildman–Crippen MR) is 47.1 cm³/mol. The molecule has 1 saturated heterocycles. The molecule has 1 unspecified atom stereocenters. The highest BCUT2D eigenvalue weighted by Crippen LogP contribution is 2.21. The van der Waals surface area contributed by atoms with Gasteiger partial charge in [0, 0.05) is 6.61 Å². The molecular formula is C9H17NO2. The second-order valence-corrected chi connectivity index (χ2v) is 3.22. The summed E-state index contributed by atoms with van der Waals surface area (Å²) in [5, 5.41) is 3.26. The largest absolute Gasteiger partial charge is 0.368 e. The first-order valence-electron chi connectivity index (χ1n) is 4.64. The second kappa shape index (κ2) is 4.58. The number of carbonyl (C=O) groups is 1. The zero-order valence-electron chi connectivity index (χ0n) is 7.64. The summed E-state index contributed by atoms with van der Waals surface area (Å²) in [6, 6.07) is 0. The van der Waals surface area contributed by atoms with E-state index in [1.54, 1.807) is 0 Å². The third-order valence-electron chi connectivity index (χ3n) is 2.33. The minimum atomic E-state index is -0.488. The van der Waals surface area contributed by atoms with Crippen LogP contribution >= 0.6 is 0 Å². The summed E-state index contributed by atoms with van der Waals surface area (Å²) in [6.45, 7) is 4.45. The number of aldehydes is 1. The van der Waals surface area contributed by atoms with Crippen LogP contribution in [0.25, 0.3) is 0 Å². The van der Waals surface area contributed by atoms with Crippen molar-refractivity contribution >= 4 is 6.29 Å². The van der Waals surface area contributed by atoms with Gasteiger partial charge in [0.05, 0.1) is 0 Å². The van der Waals surface area contributed by atoms with E-state index >= 15 is 0 Å². The van der Waals surface area contributed by atoms with Crippen molar-refractivity contribution in [3.8, 4) is 0 Å². The van der Waals surface area contributed by atoms with Gasteiger partial charge in [-0.25, -0.2) is 0 Å². The predicted octanol–water partition coefficient (Wildman–Crippen LogP) is 0.734. The lowest BCUT2D eigenvalue weighted by Crippen LogP contribution is -2.35. The summed E-state index contributed by atoms with van der Waals surface area (Å²) in [4.78, 5) is 10.9. The van der Waals surface area contributed by atoms with Crippen LogP contribution in [0.1, 0.15) is 26.2 Å². The first-order valence-corrected chi connectivity index (χ1v) is 4.64. The molecule has 1 aliphatic rings. The lowest BCUT2D eigenvalue weighted by atomic mass is 9.96. The van der Waals surface area contributed by atoms with E-state index in [4.69, 9.17) is 4.74 Å². The van der Waals surface area contributed by atoms with E-state index in [1.807, 2.05) is 6.92 Å². The number of hydrogen-bond donors (Lipinski definition) is 1. The van der Waals surface area contributed by atoms with E-state index in [9.17, 15) is 4.79 Å². The molecule has 12 heavy (non-hydrogen) atoms. The summed E-state index contributed by atoms with van der Waals surface area (Å²) >= 11 is 0. The molecule has 0 saturated carbocycles. The van der Waals surface area contributed by atoms with E-state index in [0.717, 1.165) is 38.6 Å². The Bertz CT molecular complexity index is 139. The van der Waals surface area contributed by atoms with Crippen LogP contribution in [0.4, 0.5) is 0 Å². The van der Waals surface area contributed by atoms with Crippen molar-refractivity contribution < 1.29 is 9.53 Å². The van der Waals surface area contributed by atoms with Crippen molar-refractivity contribution in [1.29, 1.82) is 0 Å². The van der Waals surface area contributed by atoms with Gasteiger partial charge in [0.2, 0.25) is 0 Å². The minimum Gasteiger partial charge on any atom is -0.368 e. The Kier molecular flexibility index (Phi) is 3.69. The fourth-order valence-electron chi connectivity index (χ4n) is 1.65. The Morgan fingerprint density at radius 3 is 3.00 bits per heavy atom. The van der Waals surface area contributed by atoms with Gasteiger partial charge in [0.25, 0.3) is 0 Å². The van der Waals surface area contributed by atoms with Crippen molar-refractivity contribution in [2.75, 3.05) is 19.7 Å². The van der Waals surface area contributed by atoms with Gasteiger partial charge >= 0.3 is 0 Å². The van der Waals surface area contributed by atoms with Gasteiger partial charge in [-0.1, -0.05) is 0 Å². The zero-order valence-corrected chi connectivity index (χ0v) is 7.64. The lowest BCUT2D eigenvalue weighted by molar-refractivity contribution is -0.132. The fourth-order valence-corrected chi connectivity index (χ4v) is 1.65. The number of nitrogens with one attached hydrogen (secondary N) is 1. The average Bonchev–Trinajstić information content (AvgIpc) is 2.32. The highest BCUT2D eigenvalue weighted by Gasteiger charge is 2.30. The molecule has 0 radical (unpaired) electrons. The SMILES string of the molecule is CCOC1(C=O)CCCNCC1. The molecule has 1 heterocycles. The van der Waals surface area contributed by atoms with E-state index < -0.39 is 5.60 Å². The molecule has 0 aromatic rings. The third-order valence-corrected chi connectivity index (χ3v) is 2.33. The normalized spacial score (nSPS) is 31.1. The van der Waals surface area contributed by atoms with Crippen LogP contribution in [0.2, 0.25) is 0 Å². The quantitative estimate of drug-likeness (QED) is 0.636. The van der Waals surface area contributed by atoms with Crippen LogP contribution in [-0.4, -0.2) is 31.6 Å². The molecular weight excluding hydrogens is 154 g/mol. The van der Waals surface area contributed by atoms with Gasteiger partial charge in [-0.05, 0) is 39.3 Å². The van der Waals surface area contributed by atoms with E-state index in [2.05, 4.69) is 5.32 Å². The third kappa shape index (κ3) is 2.29. The molecule has 1 rings (SSSR count). The van der Waals surface area contributed by atoms with Crippen LogP contribution in [-0.2, 0) is 9.53 Å². The summed E-state index contributed by atoms with van der Waals surface area (Å²) in [6.07, 6.45) is 3.67. The monoisotopic (exact) mass is 171 g/mol. The molecule has 0 amide bonds. The van der Waals surface area contributed by atoms with Gasteiger partial charge in [0.1, 0.15) is 5.60 Å². The average molecular weight is 171 g/mol. The molecule has 3 nitrogen and oxygen atoms in total. The van der Waals surface area contributed by atoms with Gasteiger partial charge in [-0.15, -0.1) is 0 Å². The Morgan fingerprint density at radius 1 is 1.50 bits per heavy atom. The maximum atomic E-state index is 10.9. The summed E-state index contributed by atoms with van der Waals surface area (Å²) in [5.74, 6) is 0. The Labute approximate surface area is 73.5 Å². The smallest absolute Gasteiger partial charge is 0.151 e. The van der Waals surface area contributed by atoms with Crippen molar-refractivity contribution in [1.82, 2.24) is 5.32 Å². The van der Waals surface area contributed by atoms with E-state index in [1.165, 1.54) is 0 Å². The Hall–Kier alpha value is -0.410. The first kappa shape index (κ1) is 9.68. The number of rotatable bonds is 3. The van der Waals surface area contributed by atoms with E-state index in [-0.39, 0.29) is 0 Å². The highest BCUT2D eigenvalue weighted by atomic mass is 16.5. The molecule has 3 heteroatoms. The van der Waals surface area contributed by atoms with Crippen LogP contribution in [0.3, 0.4) is 0 Å². The number of hydrogen-bond acceptors (Lipinski definition) is 3. The molecule has 1 N–H and O–H groups in total. The number of ether oxygens (including phenoxy) is 1. The van der Waals surface area contributed by atoms with Crippen molar-refractivity contribution in [2.45, 2.75) is 31.8 Å². The van der Waals surface area contributed by atoms with Gasteiger partial charge in [-0.3, -0.25) is 0 Å². The van der Waals surface area contributed by atoms with Crippen LogP contribution < -0.4 is 5.32 Å². The molecule has 0 aromatic heterocycles. The van der Waals surface area contributed by atoms with Gasteiger partial charge in [-0.2, -0.15) is 0 Å². The fraction of sp³-hybridized carbons (Fsp3) is 0.889. The molecule has 0 aliphatic carbocycles. The maximum Gasteiger partial charge on any atom is 0.151 e.